The first-order valence-electron chi connectivity index (χ1n) is 10.5. The Labute approximate surface area is 186 Å². The SMILES string of the molecule is CC(C)(C)OC(=O)NCC(=O)NC[C@H]1CN(c2ccc(N3CCOCC3)c(F)c2)C(=O)O1. The van der Waals surface area contributed by atoms with Crippen LogP contribution >= 0.6 is 0 Å². The summed E-state index contributed by atoms with van der Waals surface area (Å²) < 4.78 is 30.3. The average molecular weight is 452 g/mol. The highest BCUT2D eigenvalue weighted by molar-refractivity contribution is 5.90. The molecule has 0 aromatic heterocycles. The molecule has 1 aromatic rings. The van der Waals surface area contributed by atoms with Crippen molar-refractivity contribution in [2.24, 2.45) is 0 Å². The van der Waals surface area contributed by atoms with Gasteiger partial charge in [-0.25, -0.2) is 14.0 Å². The number of alkyl carbamates (subject to hydrolysis) is 1. The van der Waals surface area contributed by atoms with Gasteiger partial charge in [0.15, 0.2) is 0 Å². The van der Waals surface area contributed by atoms with Crippen LogP contribution in [0.4, 0.5) is 25.4 Å². The third kappa shape index (κ3) is 6.46. The van der Waals surface area contributed by atoms with Crippen LogP contribution in [0, 0.1) is 5.82 Å². The third-order valence-corrected chi connectivity index (χ3v) is 4.79. The molecule has 0 unspecified atom stereocenters. The molecule has 0 bridgehead atoms. The molecule has 1 atom stereocenters. The topological polar surface area (TPSA) is 109 Å². The van der Waals surface area contributed by atoms with Gasteiger partial charge < -0.3 is 29.7 Å². The number of hydrogen-bond donors (Lipinski definition) is 2. The van der Waals surface area contributed by atoms with Crippen molar-refractivity contribution >= 4 is 29.5 Å². The Morgan fingerprint density at radius 2 is 1.94 bits per heavy atom. The smallest absolute Gasteiger partial charge is 0.414 e. The van der Waals surface area contributed by atoms with Crippen LogP contribution in [0.5, 0.6) is 0 Å². The van der Waals surface area contributed by atoms with Crippen molar-refractivity contribution in [3.63, 3.8) is 0 Å². The Morgan fingerprint density at radius 3 is 2.59 bits per heavy atom. The second kappa shape index (κ2) is 10.0. The van der Waals surface area contributed by atoms with Gasteiger partial charge in [-0.15, -0.1) is 0 Å². The van der Waals surface area contributed by atoms with E-state index in [4.69, 9.17) is 14.2 Å². The molecular weight excluding hydrogens is 423 g/mol. The van der Waals surface area contributed by atoms with Gasteiger partial charge in [0.1, 0.15) is 17.5 Å². The van der Waals surface area contributed by atoms with Gasteiger partial charge >= 0.3 is 12.2 Å². The minimum absolute atomic E-state index is 0.0609. The molecule has 32 heavy (non-hydrogen) atoms. The van der Waals surface area contributed by atoms with Crippen LogP contribution in [0.2, 0.25) is 0 Å². The number of benzene rings is 1. The number of rotatable bonds is 6. The van der Waals surface area contributed by atoms with Crippen LogP contribution in [0.1, 0.15) is 20.8 Å². The van der Waals surface area contributed by atoms with Crippen molar-refractivity contribution in [1.82, 2.24) is 10.6 Å². The molecule has 3 rings (SSSR count). The normalized spacial score (nSPS) is 18.9. The van der Waals surface area contributed by atoms with Crippen LogP contribution in [0.25, 0.3) is 0 Å². The van der Waals surface area contributed by atoms with Crippen molar-refractivity contribution in [3.8, 4) is 0 Å². The fourth-order valence-electron chi connectivity index (χ4n) is 3.32. The van der Waals surface area contributed by atoms with Gasteiger partial charge in [-0.1, -0.05) is 0 Å². The van der Waals surface area contributed by atoms with E-state index < -0.39 is 35.6 Å². The molecule has 10 nitrogen and oxygen atoms in total. The van der Waals surface area contributed by atoms with Crippen LogP contribution in [0.15, 0.2) is 18.2 Å². The van der Waals surface area contributed by atoms with Gasteiger partial charge in [-0.3, -0.25) is 9.69 Å². The molecule has 0 radical (unpaired) electrons. The average Bonchev–Trinajstić information content (AvgIpc) is 3.10. The van der Waals surface area contributed by atoms with E-state index in [-0.39, 0.29) is 19.6 Å². The lowest BCUT2D eigenvalue weighted by Gasteiger charge is -2.29. The Balaban J connectivity index is 1.48. The molecule has 1 aromatic carbocycles. The van der Waals surface area contributed by atoms with E-state index in [2.05, 4.69) is 10.6 Å². The Bertz CT molecular complexity index is 853. The van der Waals surface area contributed by atoms with Crippen LogP contribution in [-0.2, 0) is 19.0 Å². The molecule has 0 spiro atoms. The third-order valence-electron chi connectivity index (χ3n) is 4.79. The van der Waals surface area contributed by atoms with E-state index in [9.17, 15) is 18.8 Å². The number of nitrogens with one attached hydrogen (secondary N) is 2. The number of nitrogens with zero attached hydrogens (tertiary/aromatic N) is 2. The molecule has 2 N–H and O–H groups in total. The largest absolute Gasteiger partial charge is 0.444 e. The molecule has 2 saturated heterocycles. The first kappa shape index (κ1) is 23.6. The molecule has 176 valence electrons. The molecule has 2 aliphatic rings. The van der Waals surface area contributed by atoms with Gasteiger partial charge in [0, 0.05) is 13.1 Å². The fourth-order valence-corrected chi connectivity index (χ4v) is 3.32. The number of carbonyl (C=O) groups is 3. The number of morpholine rings is 1. The number of cyclic esters (lactones) is 1. The van der Waals surface area contributed by atoms with E-state index in [1.807, 2.05) is 4.90 Å². The summed E-state index contributed by atoms with van der Waals surface area (Å²) in [5, 5.41) is 4.94. The quantitative estimate of drug-likeness (QED) is 0.675. The second-order valence-corrected chi connectivity index (χ2v) is 8.51. The van der Waals surface area contributed by atoms with Gasteiger partial charge in [-0.05, 0) is 39.0 Å². The van der Waals surface area contributed by atoms with E-state index in [0.29, 0.717) is 37.7 Å². The molecular formula is C21H29FN4O6. The number of carbonyl (C=O) groups excluding carboxylic acids is 3. The van der Waals surface area contributed by atoms with Crippen LogP contribution < -0.4 is 20.4 Å². The van der Waals surface area contributed by atoms with Crippen molar-refractivity contribution in [3.05, 3.63) is 24.0 Å². The summed E-state index contributed by atoms with van der Waals surface area (Å²) in [5.41, 5.74) is 0.179. The first-order chi connectivity index (χ1) is 15.1. The van der Waals surface area contributed by atoms with Crippen LogP contribution in [-0.4, -0.2) is 75.7 Å². The summed E-state index contributed by atoms with van der Waals surface area (Å²) in [7, 11) is 0. The summed E-state index contributed by atoms with van der Waals surface area (Å²) >= 11 is 0. The van der Waals surface area contributed by atoms with Crippen molar-refractivity contribution in [2.45, 2.75) is 32.5 Å². The molecule has 0 saturated carbocycles. The highest BCUT2D eigenvalue weighted by Crippen LogP contribution is 2.28. The Kier molecular flexibility index (Phi) is 7.39. The summed E-state index contributed by atoms with van der Waals surface area (Å²) in [6, 6.07) is 4.61. The maximum atomic E-state index is 14.7. The molecule has 3 amide bonds. The zero-order valence-corrected chi connectivity index (χ0v) is 18.5. The zero-order valence-electron chi connectivity index (χ0n) is 18.5. The predicted octanol–water partition coefficient (Wildman–Crippen LogP) is 1.63. The summed E-state index contributed by atoms with van der Waals surface area (Å²) in [4.78, 5) is 39.0. The predicted molar refractivity (Wildman–Crippen MR) is 114 cm³/mol. The van der Waals surface area contributed by atoms with E-state index in [1.54, 1.807) is 32.9 Å². The Hall–Kier alpha value is -3.08. The molecule has 11 heteroatoms. The van der Waals surface area contributed by atoms with Gasteiger partial charge in [0.2, 0.25) is 5.91 Å². The lowest BCUT2D eigenvalue weighted by molar-refractivity contribution is -0.120. The number of amides is 3. The number of anilines is 2. The summed E-state index contributed by atoms with van der Waals surface area (Å²) in [6.45, 7) is 7.40. The second-order valence-electron chi connectivity index (χ2n) is 8.51. The number of halogens is 1. The maximum Gasteiger partial charge on any atom is 0.414 e. The minimum Gasteiger partial charge on any atom is -0.444 e. The van der Waals surface area contributed by atoms with E-state index in [1.165, 1.54) is 11.0 Å². The molecule has 2 aliphatic heterocycles. The fraction of sp³-hybridized carbons (Fsp3) is 0.571. The summed E-state index contributed by atoms with van der Waals surface area (Å²) in [6.07, 6.45) is -1.92. The first-order valence-corrected chi connectivity index (χ1v) is 10.5. The van der Waals surface area contributed by atoms with Gasteiger partial charge in [0.25, 0.3) is 0 Å². The van der Waals surface area contributed by atoms with Gasteiger partial charge in [-0.2, -0.15) is 0 Å². The standard InChI is InChI=1S/C21H29FN4O6/c1-21(2,3)32-19(28)24-12-18(27)23-11-15-13-26(20(29)31-15)14-4-5-17(16(22)10-14)25-6-8-30-9-7-25/h4-5,10,15H,6-9,11-13H2,1-3H3,(H,23,27)(H,24,28)/t15-/m0/s1. The molecule has 0 aliphatic carbocycles. The number of hydrogen-bond acceptors (Lipinski definition) is 7. The molecule has 2 heterocycles. The van der Waals surface area contributed by atoms with Crippen molar-refractivity contribution in [2.75, 3.05) is 55.7 Å². The van der Waals surface area contributed by atoms with E-state index in [0.717, 1.165) is 0 Å². The highest BCUT2D eigenvalue weighted by atomic mass is 19.1. The maximum absolute atomic E-state index is 14.7. The lowest BCUT2D eigenvalue weighted by atomic mass is 10.2. The zero-order chi connectivity index (χ0) is 23.3. The highest BCUT2D eigenvalue weighted by Gasteiger charge is 2.33. The summed E-state index contributed by atoms with van der Waals surface area (Å²) in [5.74, 6) is -0.881. The minimum atomic E-state index is -0.700. The van der Waals surface area contributed by atoms with Gasteiger partial charge in [0.05, 0.1) is 44.2 Å². The Morgan fingerprint density at radius 1 is 1.22 bits per heavy atom. The van der Waals surface area contributed by atoms with Crippen molar-refractivity contribution < 1.29 is 33.0 Å². The molecule has 2 fully saturated rings. The lowest BCUT2D eigenvalue weighted by Crippen LogP contribution is -2.42. The van der Waals surface area contributed by atoms with Crippen molar-refractivity contribution in [1.29, 1.82) is 0 Å². The van der Waals surface area contributed by atoms with E-state index >= 15 is 0 Å². The monoisotopic (exact) mass is 452 g/mol. The van der Waals surface area contributed by atoms with Crippen LogP contribution in [0.3, 0.4) is 0 Å². The number of ether oxygens (including phenoxy) is 3.